The van der Waals surface area contributed by atoms with E-state index in [-0.39, 0.29) is 5.91 Å². The Labute approximate surface area is 183 Å². The van der Waals surface area contributed by atoms with Gasteiger partial charge in [0.25, 0.3) is 0 Å². The van der Waals surface area contributed by atoms with Gasteiger partial charge in [-0.15, -0.1) is 11.3 Å². The summed E-state index contributed by atoms with van der Waals surface area (Å²) in [5.74, 6) is 0.248. The van der Waals surface area contributed by atoms with E-state index in [1.54, 1.807) is 11.3 Å². The van der Waals surface area contributed by atoms with E-state index >= 15 is 0 Å². The lowest BCUT2D eigenvalue weighted by Gasteiger charge is -2.36. The molecule has 1 aromatic carbocycles. The predicted octanol–water partition coefficient (Wildman–Crippen LogP) is 4.58. The molecule has 0 N–H and O–H groups in total. The molecule has 0 bridgehead atoms. The van der Waals surface area contributed by atoms with Gasteiger partial charge in [0.1, 0.15) is 0 Å². The van der Waals surface area contributed by atoms with Crippen molar-refractivity contribution in [2.75, 3.05) is 31.1 Å². The van der Waals surface area contributed by atoms with E-state index in [0.717, 1.165) is 43.4 Å². The Morgan fingerprint density at radius 3 is 2.50 bits per heavy atom. The average Bonchev–Trinajstić information content (AvgIpc) is 3.29. The molecule has 30 heavy (non-hydrogen) atoms. The highest BCUT2D eigenvalue weighted by Gasteiger charge is 2.22. The molecule has 0 aliphatic carbocycles. The third-order valence-corrected chi connectivity index (χ3v) is 6.79. The van der Waals surface area contributed by atoms with E-state index in [1.165, 1.54) is 28.2 Å². The molecule has 1 saturated heterocycles. The normalized spacial score (nSPS) is 14.4. The molecule has 3 heterocycles. The Kier molecular flexibility index (Phi) is 5.95. The molecule has 0 radical (unpaired) electrons. The minimum Gasteiger partial charge on any atom is -0.368 e. The Hall–Kier alpha value is -2.60. The summed E-state index contributed by atoms with van der Waals surface area (Å²) in [6.07, 6.45) is 0.538. The molecule has 0 saturated carbocycles. The van der Waals surface area contributed by atoms with E-state index < -0.39 is 0 Å². The number of carbonyl (C=O) groups excluding carboxylic acids is 1. The van der Waals surface area contributed by atoms with E-state index in [0.29, 0.717) is 6.42 Å². The first-order valence-electron chi connectivity index (χ1n) is 10.6. The van der Waals surface area contributed by atoms with Crippen LogP contribution in [-0.4, -0.2) is 46.5 Å². The number of rotatable bonds is 5. The SMILES string of the molecule is Cc1cccc(N2CCN(C(=O)CCn3c(C)cc(-c4csc(C)n4)c3C)CC2)c1. The summed E-state index contributed by atoms with van der Waals surface area (Å²) >= 11 is 1.67. The molecule has 3 aromatic rings. The number of benzene rings is 1. The quantitative estimate of drug-likeness (QED) is 0.604. The minimum atomic E-state index is 0.248. The Bertz CT molecular complexity index is 1040. The van der Waals surface area contributed by atoms with Gasteiger partial charge in [0.15, 0.2) is 0 Å². The molecule has 5 nitrogen and oxygen atoms in total. The van der Waals surface area contributed by atoms with E-state index in [9.17, 15) is 4.79 Å². The third-order valence-electron chi connectivity index (χ3n) is 6.02. The Morgan fingerprint density at radius 2 is 1.83 bits per heavy atom. The highest BCUT2D eigenvalue weighted by Crippen LogP contribution is 2.28. The van der Waals surface area contributed by atoms with Crippen LogP contribution in [0.1, 0.15) is 28.4 Å². The molecule has 1 fully saturated rings. The van der Waals surface area contributed by atoms with Gasteiger partial charge in [-0.05, 0) is 51.5 Å². The molecule has 2 aromatic heterocycles. The number of nitrogens with zero attached hydrogens (tertiary/aromatic N) is 4. The van der Waals surface area contributed by atoms with Crippen LogP contribution in [0.15, 0.2) is 35.7 Å². The zero-order valence-corrected chi connectivity index (χ0v) is 19.1. The zero-order chi connectivity index (χ0) is 21.3. The van der Waals surface area contributed by atoms with Crippen LogP contribution in [0.2, 0.25) is 0 Å². The van der Waals surface area contributed by atoms with E-state index in [2.05, 4.69) is 70.9 Å². The summed E-state index contributed by atoms with van der Waals surface area (Å²) in [6, 6.07) is 10.8. The molecule has 4 rings (SSSR count). The van der Waals surface area contributed by atoms with Gasteiger partial charge in [-0.1, -0.05) is 12.1 Å². The lowest BCUT2D eigenvalue weighted by atomic mass is 10.2. The number of anilines is 1. The van der Waals surface area contributed by atoms with Crippen molar-refractivity contribution in [1.82, 2.24) is 14.5 Å². The highest BCUT2D eigenvalue weighted by atomic mass is 32.1. The number of hydrogen-bond acceptors (Lipinski definition) is 4. The molecular weight excluding hydrogens is 392 g/mol. The standard InChI is InChI=1S/C24H30N4OS/c1-17-6-5-7-21(14-17)26-10-12-27(13-11-26)24(29)8-9-28-18(2)15-22(19(28)3)23-16-30-20(4)25-23/h5-7,14-16H,8-13H2,1-4H3. The van der Waals surface area contributed by atoms with Crippen molar-refractivity contribution in [3.05, 3.63) is 57.7 Å². The summed E-state index contributed by atoms with van der Waals surface area (Å²) in [6.45, 7) is 12.5. The number of thiazole rings is 1. The molecule has 158 valence electrons. The number of aryl methyl sites for hydroxylation is 3. The Morgan fingerprint density at radius 1 is 1.07 bits per heavy atom. The molecular formula is C24H30N4OS. The first-order chi connectivity index (χ1) is 14.4. The van der Waals surface area contributed by atoms with Crippen LogP contribution < -0.4 is 4.90 Å². The summed E-state index contributed by atoms with van der Waals surface area (Å²) in [7, 11) is 0. The number of piperazine rings is 1. The van der Waals surface area contributed by atoms with Crippen molar-refractivity contribution < 1.29 is 4.79 Å². The van der Waals surface area contributed by atoms with Crippen molar-refractivity contribution >= 4 is 22.9 Å². The Balaban J connectivity index is 1.35. The molecule has 0 unspecified atom stereocenters. The van der Waals surface area contributed by atoms with Gasteiger partial charge >= 0.3 is 0 Å². The molecule has 0 atom stereocenters. The van der Waals surface area contributed by atoms with Crippen LogP contribution in [0, 0.1) is 27.7 Å². The van der Waals surface area contributed by atoms with Crippen LogP contribution in [-0.2, 0) is 11.3 Å². The highest BCUT2D eigenvalue weighted by molar-refractivity contribution is 7.09. The number of aromatic nitrogens is 2. The molecule has 6 heteroatoms. The van der Waals surface area contributed by atoms with E-state index in [4.69, 9.17) is 0 Å². The van der Waals surface area contributed by atoms with Gasteiger partial charge in [0, 0.05) is 67.2 Å². The van der Waals surface area contributed by atoms with Gasteiger partial charge in [-0.2, -0.15) is 0 Å². The van der Waals surface area contributed by atoms with Crippen molar-refractivity contribution in [2.24, 2.45) is 0 Å². The second-order valence-corrected chi connectivity index (χ2v) is 9.21. The van der Waals surface area contributed by atoms with Gasteiger partial charge in [0.2, 0.25) is 5.91 Å². The number of carbonyl (C=O) groups is 1. The summed E-state index contributed by atoms with van der Waals surface area (Å²) in [5.41, 5.74) is 7.12. The van der Waals surface area contributed by atoms with E-state index in [1.807, 2.05) is 11.8 Å². The second-order valence-electron chi connectivity index (χ2n) is 8.15. The maximum absolute atomic E-state index is 12.9. The van der Waals surface area contributed by atoms with Crippen molar-refractivity contribution in [3.8, 4) is 11.3 Å². The summed E-state index contributed by atoms with van der Waals surface area (Å²) in [5, 5.41) is 3.19. The topological polar surface area (TPSA) is 41.4 Å². The smallest absolute Gasteiger partial charge is 0.224 e. The van der Waals surface area contributed by atoms with Crippen LogP contribution >= 0.6 is 11.3 Å². The first kappa shape index (κ1) is 20.7. The van der Waals surface area contributed by atoms with Gasteiger partial charge in [0.05, 0.1) is 10.7 Å². The van der Waals surface area contributed by atoms with Crippen LogP contribution in [0.4, 0.5) is 5.69 Å². The molecule has 1 aliphatic rings. The van der Waals surface area contributed by atoms with Crippen LogP contribution in [0.5, 0.6) is 0 Å². The average molecular weight is 423 g/mol. The maximum Gasteiger partial charge on any atom is 0.224 e. The molecule has 1 amide bonds. The molecule has 1 aliphatic heterocycles. The van der Waals surface area contributed by atoms with Gasteiger partial charge in [-0.25, -0.2) is 4.98 Å². The van der Waals surface area contributed by atoms with Crippen LogP contribution in [0.25, 0.3) is 11.3 Å². The summed E-state index contributed by atoms with van der Waals surface area (Å²) in [4.78, 5) is 21.9. The zero-order valence-electron chi connectivity index (χ0n) is 18.3. The van der Waals surface area contributed by atoms with Gasteiger partial charge < -0.3 is 14.4 Å². The predicted molar refractivity (Wildman–Crippen MR) is 124 cm³/mol. The minimum absolute atomic E-state index is 0.248. The number of amides is 1. The van der Waals surface area contributed by atoms with Crippen molar-refractivity contribution in [2.45, 2.75) is 40.7 Å². The van der Waals surface area contributed by atoms with Crippen LogP contribution in [0.3, 0.4) is 0 Å². The number of hydrogen-bond donors (Lipinski definition) is 0. The third kappa shape index (κ3) is 4.29. The molecule has 0 spiro atoms. The lowest BCUT2D eigenvalue weighted by Crippen LogP contribution is -2.49. The second kappa shape index (κ2) is 8.64. The monoisotopic (exact) mass is 422 g/mol. The maximum atomic E-state index is 12.9. The lowest BCUT2D eigenvalue weighted by molar-refractivity contribution is -0.131. The fraction of sp³-hybridized carbons (Fsp3) is 0.417. The first-order valence-corrected chi connectivity index (χ1v) is 11.5. The van der Waals surface area contributed by atoms with Crippen molar-refractivity contribution in [1.29, 1.82) is 0 Å². The fourth-order valence-corrected chi connectivity index (χ4v) is 4.91. The summed E-state index contributed by atoms with van der Waals surface area (Å²) < 4.78 is 2.25. The fourth-order valence-electron chi connectivity index (χ4n) is 4.30. The largest absolute Gasteiger partial charge is 0.368 e. The van der Waals surface area contributed by atoms with Crippen molar-refractivity contribution in [3.63, 3.8) is 0 Å². The van der Waals surface area contributed by atoms with Gasteiger partial charge in [-0.3, -0.25) is 4.79 Å².